The van der Waals surface area contributed by atoms with E-state index in [4.69, 9.17) is 0 Å². The summed E-state index contributed by atoms with van der Waals surface area (Å²) < 4.78 is 17.3. The zero-order valence-corrected chi connectivity index (χ0v) is 12.8. The van der Waals surface area contributed by atoms with Crippen molar-refractivity contribution in [1.82, 2.24) is 9.36 Å². The van der Waals surface area contributed by atoms with Gasteiger partial charge < -0.3 is 4.90 Å². The summed E-state index contributed by atoms with van der Waals surface area (Å²) >= 11 is 1.45. The standard InChI is InChI=1S/C15H20FN3S/c1-3-9-19(10-4-2)15-17-14(18-20-15)11-12-5-7-13(16)8-6-12/h5-8H,3-4,9-11H2,1-2H3. The second-order valence-electron chi connectivity index (χ2n) is 4.78. The van der Waals surface area contributed by atoms with Crippen molar-refractivity contribution >= 4 is 16.7 Å². The molecule has 0 radical (unpaired) electrons. The van der Waals surface area contributed by atoms with Crippen LogP contribution in [0, 0.1) is 5.82 Å². The summed E-state index contributed by atoms with van der Waals surface area (Å²) in [5.41, 5.74) is 1.04. The minimum Gasteiger partial charge on any atom is -0.347 e. The Morgan fingerprint density at radius 3 is 2.35 bits per heavy atom. The Balaban J connectivity index is 2.05. The van der Waals surface area contributed by atoms with Crippen LogP contribution in [0.4, 0.5) is 9.52 Å². The number of halogens is 1. The predicted octanol–water partition coefficient (Wildman–Crippen LogP) is 3.89. The second kappa shape index (κ2) is 7.33. The van der Waals surface area contributed by atoms with Crippen LogP contribution in [0.2, 0.25) is 0 Å². The highest BCUT2D eigenvalue weighted by atomic mass is 32.1. The molecule has 108 valence electrons. The number of hydrogen-bond acceptors (Lipinski definition) is 4. The minimum absolute atomic E-state index is 0.210. The van der Waals surface area contributed by atoms with Crippen molar-refractivity contribution in [3.8, 4) is 0 Å². The summed E-state index contributed by atoms with van der Waals surface area (Å²) in [4.78, 5) is 6.89. The first kappa shape index (κ1) is 14.9. The van der Waals surface area contributed by atoms with Gasteiger partial charge in [0, 0.05) is 31.0 Å². The average molecular weight is 293 g/mol. The lowest BCUT2D eigenvalue weighted by atomic mass is 10.1. The number of nitrogens with zero attached hydrogens (tertiary/aromatic N) is 3. The monoisotopic (exact) mass is 293 g/mol. The fourth-order valence-electron chi connectivity index (χ4n) is 2.07. The molecule has 0 aliphatic rings. The highest BCUT2D eigenvalue weighted by molar-refractivity contribution is 7.09. The lowest BCUT2D eigenvalue weighted by molar-refractivity contribution is 0.627. The maximum absolute atomic E-state index is 12.9. The molecule has 20 heavy (non-hydrogen) atoms. The zero-order valence-electron chi connectivity index (χ0n) is 12.0. The smallest absolute Gasteiger partial charge is 0.205 e. The van der Waals surface area contributed by atoms with Gasteiger partial charge in [-0.2, -0.15) is 4.37 Å². The molecule has 0 spiro atoms. The van der Waals surface area contributed by atoms with Gasteiger partial charge in [-0.15, -0.1) is 0 Å². The van der Waals surface area contributed by atoms with Crippen LogP contribution in [0.5, 0.6) is 0 Å². The lowest BCUT2D eigenvalue weighted by Crippen LogP contribution is -2.24. The van der Waals surface area contributed by atoms with Crippen LogP contribution in [0.1, 0.15) is 38.1 Å². The zero-order chi connectivity index (χ0) is 14.4. The molecular formula is C15H20FN3S. The van der Waals surface area contributed by atoms with Crippen LogP contribution in [-0.4, -0.2) is 22.4 Å². The topological polar surface area (TPSA) is 29.0 Å². The van der Waals surface area contributed by atoms with Crippen molar-refractivity contribution in [1.29, 1.82) is 0 Å². The van der Waals surface area contributed by atoms with Gasteiger partial charge in [0.05, 0.1) is 0 Å². The molecule has 1 aromatic heterocycles. The van der Waals surface area contributed by atoms with E-state index in [1.807, 2.05) is 0 Å². The summed E-state index contributed by atoms with van der Waals surface area (Å²) in [7, 11) is 0. The van der Waals surface area contributed by atoms with E-state index in [2.05, 4.69) is 28.1 Å². The van der Waals surface area contributed by atoms with E-state index in [1.165, 1.54) is 23.7 Å². The third-order valence-corrected chi connectivity index (χ3v) is 3.81. The van der Waals surface area contributed by atoms with E-state index < -0.39 is 0 Å². The molecule has 0 N–H and O–H groups in total. The summed E-state index contributed by atoms with van der Waals surface area (Å²) in [6.07, 6.45) is 2.86. The number of aromatic nitrogens is 2. The minimum atomic E-state index is -0.210. The summed E-state index contributed by atoms with van der Waals surface area (Å²) in [5.74, 6) is 0.603. The Morgan fingerprint density at radius 2 is 1.75 bits per heavy atom. The van der Waals surface area contributed by atoms with Crippen molar-refractivity contribution in [3.05, 3.63) is 41.5 Å². The van der Waals surface area contributed by atoms with Crippen LogP contribution < -0.4 is 4.90 Å². The van der Waals surface area contributed by atoms with Gasteiger partial charge in [-0.05, 0) is 30.5 Å². The Hall–Kier alpha value is -1.49. The van der Waals surface area contributed by atoms with Crippen LogP contribution in [0.25, 0.3) is 0 Å². The van der Waals surface area contributed by atoms with E-state index in [-0.39, 0.29) is 5.82 Å². The summed E-state index contributed by atoms with van der Waals surface area (Å²) in [6, 6.07) is 6.52. The average Bonchev–Trinajstić information content (AvgIpc) is 2.90. The fourth-order valence-corrected chi connectivity index (χ4v) is 2.81. The molecule has 0 aliphatic carbocycles. The maximum atomic E-state index is 12.9. The van der Waals surface area contributed by atoms with Gasteiger partial charge in [-0.25, -0.2) is 9.37 Å². The molecule has 0 bridgehead atoms. The van der Waals surface area contributed by atoms with E-state index in [0.717, 1.165) is 42.5 Å². The largest absolute Gasteiger partial charge is 0.347 e. The summed E-state index contributed by atoms with van der Waals surface area (Å²) in [5, 5.41) is 0.991. The van der Waals surface area contributed by atoms with Gasteiger partial charge in [-0.1, -0.05) is 26.0 Å². The molecule has 2 rings (SSSR count). The normalized spacial score (nSPS) is 10.8. The van der Waals surface area contributed by atoms with Crippen LogP contribution in [0.3, 0.4) is 0 Å². The van der Waals surface area contributed by atoms with Gasteiger partial charge in [0.25, 0.3) is 0 Å². The van der Waals surface area contributed by atoms with Crippen molar-refractivity contribution in [2.24, 2.45) is 0 Å². The quantitative estimate of drug-likeness (QED) is 0.775. The Kier molecular flexibility index (Phi) is 5.47. The molecule has 0 aliphatic heterocycles. The molecule has 0 saturated heterocycles. The number of anilines is 1. The molecule has 0 saturated carbocycles. The first-order valence-corrected chi connectivity index (χ1v) is 7.82. The molecular weight excluding hydrogens is 273 g/mol. The number of rotatable bonds is 7. The Bertz CT molecular complexity index is 518. The second-order valence-corrected chi connectivity index (χ2v) is 5.51. The molecule has 1 aromatic carbocycles. The van der Waals surface area contributed by atoms with Crippen molar-refractivity contribution < 1.29 is 4.39 Å². The fraction of sp³-hybridized carbons (Fsp3) is 0.467. The molecule has 0 amide bonds. The lowest BCUT2D eigenvalue weighted by Gasteiger charge is -2.19. The van der Waals surface area contributed by atoms with Crippen molar-refractivity contribution in [2.45, 2.75) is 33.1 Å². The van der Waals surface area contributed by atoms with E-state index in [1.54, 1.807) is 12.1 Å². The van der Waals surface area contributed by atoms with E-state index in [9.17, 15) is 4.39 Å². The molecule has 2 aromatic rings. The van der Waals surface area contributed by atoms with Crippen LogP contribution in [0.15, 0.2) is 24.3 Å². The van der Waals surface area contributed by atoms with Gasteiger partial charge in [0.1, 0.15) is 11.6 Å². The van der Waals surface area contributed by atoms with Gasteiger partial charge in [0.2, 0.25) is 5.13 Å². The SMILES string of the molecule is CCCN(CCC)c1nc(Cc2ccc(F)cc2)ns1. The molecule has 1 heterocycles. The Labute approximate surface area is 123 Å². The first-order valence-electron chi connectivity index (χ1n) is 7.05. The highest BCUT2D eigenvalue weighted by Gasteiger charge is 2.11. The molecule has 5 heteroatoms. The van der Waals surface area contributed by atoms with Gasteiger partial charge in [0.15, 0.2) is 0 Å². The predicted molar refractivity (Wildman–Crippen MR) is 81.9 cm³/mol. The third kappa shape index (κ3) is 4.00. The Morgan fingerprint density at radius 1 is 1.10 bits per heavy atom. The molecule has 0 atom stereocenters. The van der Waals surface area contributed by atoms with Crippen LogP contribution in [-0.2, 0) is 6.42 Å². The maximum Gasteiger partial charge on any atom is 0.205 e. The summed E-state index contributed by atoms with van der Waals surface area (Å²) in [6.45, 7) is 6.37. The molecule has 0 fully saturated rings. The van der Waals surface area contributed by atoms with Gasteiger partial charge >= 0.3 is 0 Å². The van der Waals surface area contributed by atoms with E-state index in [0.29, 0.717) is 6.42 Å². The number of hydrogen-bond donors (Lipinski definition) is 0. The molecule has 0 unspecified atom stereocenters. The van der Waals surface area contributed by atoms with Crippen molar-refractivity contribution in [2.75, 3.05) is 18.0 Å². The van der Waals surface area contributed by atoms with Crippen LogP contribution >= 0.6 is 11.5 Å². The molecule has 3 nitrogen and oxygen atoms in total. The van der Waals surface area contributed by atoms with E-state index >= 15 is 0 Å². The van der Waals surface area contributed by atoms with Crippen molar-refractivity contribution in [3.63, 3.8) is 0 Å². The highest BCUT2D eigenvalue weighted by Crippen LogP contribution is 2.19. The number of benzene rings is 1. The first-order chi connectivity index (χ1) is 9.72. The third-order valence-electron chi connectivity index (χ3n) is 2.99. The van der Waals surface area contributed by atoms with Gasteiger partial charge in [-0.3, -0.25) is 0 Å².